The van der Waals surface area contributed by atoms with Gasteiger partial charge in [0, 0.05) is 5.69 Å². The van der Waals surface area contributed by atoms with Crippen LogP contribution in [0.4, 0.5) is 0 Å². The summed E-state index contributed by atoms with van der Waals surface area (Å²) in [6, 6.07) is 6.29. The third kappa shape index (κ3) is 3.31. The zero-order valence-corrected chi connectivity index (χ0v) is 13.3. The van der Waals surface area contributed by atoms with Gasteiger partial charge in [0.25, 0.3) is 0 Å². The van der Waals surface area contributed by atoms with E-state index >= 15 is 0 Å². The first kappa shape index (κ1) is 16.5. The van der Waals surface area contributed by atoms with Gasteiger partial charge in [0.15, 0.2) is 0 Å². The van der Waals surface area contributed by atoms with Crippen LogP contribution in [0.5, 0.6) is 11.6 Å². The third-order valence-corrected chi connectivity index (χ3v) is 3.65. The van der Waals surface area contributed by atoms with E-state index in [0.29, 0.717) is 22.6 Å². The summed E-state index contributed by atoms with van der Waals surface area (Å²) in [6.07, 6.45) is 0. The average Bonchev–Trinajstić information content (AvgIpc) is 2.51. The van der Waals surface area contributed by atoms with Gasteiger partial charge in [0.1, 0.15) is 11.3 Å². The highest BCUT2D eigenvalue weighted by Gasteiger charge is 2.20. The predicted octanol–water partition coefficient (Wildman–Crippen LogP) is 3.28. The number of methoxy groups -OCH3 is 1. The highest BCUT2D eigenvalue weighted by molar-refractivity contribution is 5.92. The summed E-state index contributed by atoms with van der Waals surface area (Å²) in [6.45, 7) is 5.31. The Morgan fingerprint density at radius 3 is 2.43 bits per heavy atom. The number of aromatic nitrogens is 1. The molecule has 120 valence electrons. The van der Waals surface area contributed by atoms with Gasteiger partial charge in [0.2, 0.25) is 5.88 Å². The number of rotatable bonds is 4. The second-order valence-corrected chi connectivity index (χ2v) is 5.05. The molecule has 6 nitrogen and oxygen atoms in total. The SMILES string of the molecule is COC(=O)c1cccc(Oc2nc(C)c(C)c(C)c2C(=O)O)c1. The smallest absolute Gasteiger partial charge is 0.341 e. The molecule has 0 saturated carbocycles. The topological polar surface area (TPSA) is 85.7 Å². The van der Waals surface area contributed by atoms with Crippen molar-refractivity contribution in [3.05, 3.63) is 52.2 Å². The molecule has 0 radical (unpaired) electrons. The summed E-state index contributed by atoms with van der Waals surface area (Å²) in [4.78, 5) is 27.3. The molecule has 2 rings (SSSR count). The van der Waals surface area contributed by atoms with Gasteiger partial charge >= 0.3 is 11.9 Å². The number of aryl methyl sites for hydroxylation is 1. The summed E-state index contributed by atoms with van der Waals surface area (Å²) < 4.78 is 10.3. The van der Waals surface area contributed by atoms with Crippen LogP contribution in [0, 0.1) is 20.8 Å². The second kappa shape index (κ2) is 6.48. The van der Waals surface area contributed by atoms with Crippen molar-refractivity contribution in [2.75, 3.05) is 7.11 Å². The van der Waals surface area contributed by atoms with Crippen LogP contribution < -0.4 is 4.74 Å². The van der Waals surface area contributed by atoms with Crippen molar-refractivity contribution in [2.45, 2.75) is 20.8 Å². The molecule has 1 aromatic carbocycles. The van der Waals surface area contributed by atoms with Crippen molar-refractivity contribution in [3.8, 4) is 11.6 Å². The number of carbonyl (C=O) groups excluding carboxylic acids is 1. The van der Waals surface area contributed by atoms with E-state index in [4.69, 9.17) is 4.74 Å². The Balaban J connectivity index is 2.48. The van der Waals surface area contributed by atoms with Crippen LogP contribution in [0.1, 0.15) is 37.5 Å². The molecule has 0 spiro atoms. The number of esters is 1. The fraction of sp³-hybridized carbons (Fsp3) is 0.235. The molecule has 1 aromatic heterocycles. The fourth-order valence-corrected chi connectivity index (χ4v) is 2.15. The molecule has 0 fully saturated rings. The maximum Gasteiger partial charge on any atom is 0.341 e. The maximum atomic E-state index is 11.6. The number of benzene rings is 1. The van der Waals surface area contributed by atoms with E-state index in [1.807, 2.05) is 6.92 Å². The maximum absolute atomic E-state index is 11.6. The van der Waals surface area contributed by atoms with Crippen LogP contribution in [0.15, 0.2) is 24.3 Å². The van der Waals surface area contributed by atoms with Crippen molar-refractivity contribution >= 4 is 11.9 Å². The lowest BCUT2D eigenvalue weighted by Crippen LogP contribution is -2.08. The van der Waals surface area contributed by atoms with Gasteiger partial charge in [-0.1, -0.05) is 6.07 Å². The molecule has 23 heavy (non-hydrogen) atoms. The van der Waals surface area contributed by atoms with Crippen molar-refractivity contribution in [3.63, 3.8) is 0 Å². The van der Waals surface area contributed by atoms with Gasteiger partial charge < -0.3 is 14.6 Å². The average molecular weight is 315 g/mol. The van der Waals surface area contributed by atoms with Crippen molar-refractivity contribution in [2.24, 2.45) is 0 Å². The van der Waals surface area contributed by atoms with E-state index in [0.717, 1.165) is 5.56 Å². The second-order valence-electron chi connectivity index (χ2n) is 5.05. The van der Waals surface area contributed by atoms with E-state index in [1.54, 1.807) is 32.0 Å². The highest BCUT2D eigenvalue weighted by Crippen LogP contribution is 2.29. The first-order valence-electron chi connectivity index (χ1n) is 6.92. The van der Waals surface area contributed by atoms with Crippen LogP contribution in [0.2, 0.25) is 0 Å². The number of carboxylic acids is 1. The molecule has 1 N–H and O–H groups in total. The molecular formula is C17H17NO5. The molecule has 1 heterocycles. The zero-order chi connectivity index (χ0) is 17.1. The number of carboxylic acid groups (broad SMARTS) is 1. The molecule has 0 unspecified atom stereocenters. The Morgan fingerprint density at radius 2 is 1.83 bits per heavy atom. The number of pyridine rings is 1. The number of aromatic carboxylic acids is 1. The normalized spacial score (nSPS) is 10.3. The van der Waals surface area contributed by atoms with Crippen LogP contribution >= 0.6 is 0 Å². The van der Waals surface area contributed by atoms with Gasteiger partial charge in [-0.15, -0.1) is 0 Å². The Labute approximate surface area is 133 Å². The molecule has 0 aliphatic rings. The van der Waals surface area contributed by atoms with Crippen molar-refractivity contribution in [1.29, 1.82) is 0 Å². The number of hydrogen-bond donors (Lipinski definition) is 1. The van der Waals surface area contributed by atoms with Crippen LogP contribution in [0.3, 0.4) is 0 Å². The van der Waals surface area contributed by atoms with Crippen LogP contribution in [-0.4, -0.2) is 29.1 Å². The van der Waals surface area contributed by atoms with Crippen molar-refractivity contribution in [1.82, 2.24) is 4.98 Å². The summed E-state index contributed by atoms with van der Waals surface area (Å²) >= 11 is 0. The minimum atomic E-state index is -1.11. The largest absolute Gasteiger partial charge is 0.477 e. The lowest BCUT2D eigenvalue weighted by molar-refractivity contribution is 0.0599. The predicted molar refractivity (Wildman–Crippen MR) is 83.3 cm³/mol. The minimum absolute atomic E-state index is 0.000107. The molecule has 2 aromatic rings. The Kier molecular flexibility index (Phi) is 4.64. The minimum Gasteiger partial charge on any atom is -0.477 e. The van der Waals surface area contributed by atoms with E-state index in [2.05, 4.69) is 9.72 Å². The molecular weight excluding hydrogens is 298 g/mol. The number of ether oxygens (including phenoxy) is 2. The number of hydrogen-bond acceptors (Lipinski definition) is 5. The first-order valence-corrected chi connectivity index (χ1v) is 6.92. The molecule has 6 heteroatoms. The molecule has 0 atom stereocenters. The molecule has 0 bridgehead atoms. The van der Waals surface area contributed by atoms with Gasteiger partial charge in [0.05, 0.1) is 12.7 Å². The van der Waals surface area contributed by atoms with Gasteiger partial charge in [-0.2, -0.15) is 0 Å². The van der Waals surface area contributed by atoms with E-state index in [1.165, 1.54) is 13.2 Å². The van der Waals surface area contributed by atoms with E-state index < -0.39 is 11.9 Å². The quantitative estimate of drug-likeness (QED) is 0.871. The summed E-state index contributed by atoms with van der Waals surface area (Å²) in [5, 5.41) is 9.43. The van der Waals surface area contributed by atoms with E-state index in [9.17, 15) is 14.7 Å². The Morgan fingerprint density at radius 1 is 1.13 bits per heavy atom. The molecule has 0 aliphatic carbocycles. The Hall–Kier alpha value is -2.89. The fourth-order valence-electron chi connectivity index (χ4n) is 2.15. The standard InChI is InChI=1S/C17H17NO5/c1-9-10(2)14(16(19)20)15(18-11(9)3)23-13-7-5-6-12(8-13)17(21)22-4/h5-8H,1-4H3,(H,19,20). The van der Waals surface area contributed by atoms with Gasteiger partial charge in [-0.25, -0.2) is 14.6 Å². The first-order chi connectivity index (χ1) is 10.8. The monoisotopic (exact) mass is 315 g/mol. The summed E-state index contributed by atoms with van der Waals surface area (Å²) in [5.41, 5.74) is 2.41. The van der Waals surface area contributed by atoms with Crippen LogP contribution in [-0.2, 0) is 4.74 Å². The third-order valence-electron chi connectivity index (χ3n) is 3.65. The van der Waals surface area contributed by atoms with Gasteiger partial charge in [-0.3, -0.25) is 0 Å². The lowest BCUT2D eigenvalue weighted by Gasteiger charge is -2.14. The molecule has 0 saturated heterocycles. The summed E-state index contributed by atoms with van der Waals surface area (Å²) in [5.74, 6) is -1.30. The van der Waals surface area contributed by atoms with Crippen LogP contribution in [0.25, 0.3) is 0 Å². The highest BCUT2D eigenvalue weighted by atomic mass is 16.5. The van der Waals surface area contributed by atoms with Crippen molar-refractivity contribution < 1.29 is 24.2 Å². The molecule has 0 amide bonds. The van der Waals surface area contributed by atoms with Gasteiger partial charge in [-0.05, 0) is 50.1 Å². The number of nitrogens with zero attached hydrogens (tertiary/aromatic N) is 1. The Bertz CT molecular complexity index is 783. The van der Waals surface area contributed by atoms with E-state index in [-0.39, 0.29) is 11.4 Å². The zero-order valence-electron chi connectivity index (χ0n) is 13.3. The molecule has 0 aliphatic heterocycles. The summed E-state index contributed by atoms with van der Waals surface area (Å²) in [7, 11) is 1.28. The number of carbonyl (C=O) groups is 2. The lowest BCUT2D eigenvalue weighted by atomic mass is 10.0.